The maximum atomic E-state index is 10.2. The first kappa shape index (κ1) is 14.5. The van der Waals surface area contributed by atoms with Crippen LogP contribution in [0.3, 0.4) is 0 Å². The van der Waals surface area contributed by atoms with Gasteiger partial charge in [0.2, 0.25) is 5.71 Å². The SMILES string of the molecule is Cc1oc2ncnc(NCC(O)Cc3ccccc3)c2c1C. The van der Waals surface area contributed by atoms with Crippen molar-refractivity contribution in [2.45, 2.75) is 26.4 Å². The predicted octanol–water partition coefficient (Wildman–Crippen LogP) is 2.86. The Balaban J connectivity index is 1.71. The Labute approximate surface area is 129 Å². The van der Waals surface area contributed by atoms with Crippen molar-refractivity contribution < 1.29 is 9.52 Å². The molecule has 0 amide bonds. The summed E-state index contributed by atoms with van der Waals surface area (Å²) in [5.74, 6) is 1.54. The van der Waals surface area contributed by atoms with Crippen molar-refractivity contribution in [1.82, 2.24) is 9.97 Å². The lowest BCUT2D eigenvalue weighted by molar-refractivity contribution is 0.188. The van der Waals surface area contributed by atoms with E-state index in [1.807, 2.05) is 44.2 Å². The van der Waals surface area contributed by atoms with Crippen molar-refractivity contribution in [3.8, 4) is 0 Å². The average molecular weight is 297 g/mol. The molecule has 22 heavy (non-hydrogen) atoms. The number of fused-ring (bicyclic) bond motifs is 1. The molecule has 0 saturated heterocycles. The first-order valence-electron chi connectivity index (χ1n) is 7.31. The second kappa shape index (κ2) is 6.15. The van der Waals surface area contributed by atoms with Crippen molar-refractivity contribution in [2.75, 3.05) is 11.9 Å². The van der Waals surface area contributed by atoms with E-state index in [0.717, 1.165) is 22.3 Å². The monoisotopic (exact) mass is 297 g/mol. The van der Waals surface area contributed by atoms with Gasteiger partial charge in [0.05, 0.1) is 11.5 Å². The molecule has 3 rings (SSSR count). The Morgan fingerprint density at radius 2 is 1.95 bits per heavy atom. The minimum atomic E-state index is -0.485. The summed E-state index contributed by atoms with van der Waals surface area (Å²) in [6, 6.07) is 9.93. The van der Waals surface area contributed by atoms with Crippen LogP contribution in [-0.4, -0.2) is 27.7 Å². The van der Waals surface area contributed by atoms with Gasteiger partial charge in [-0.2, -0.15) is 0 Å². The Morgan fingerprint density at radius 3 is 2.73 bits per heavy atom. The normalized spacial score (nSPS) is 12.5. The number of furan rings is 1. The van der Waals surface area contributed by atoms with Gasteiger partial charge >= 0.3 is 0 Å². The van der Waals surface area contributed by atoms with Gasteiger partial charge in [-0.1, -0.05) is 30.3 Å². The fourth-order valence-electron chi connectivity index (χ4n) is 2.49. The van der Waals surface area contributed by atoms with Crippen molar-refractivity contribution in [3.05, 3.63) is 53.5 Å². The predicted molar refractivity (Wildman–Crippen MR) is 85.9 cm³/mol. The topological polar surface area (TPSA) is 71.2 Å². The summed E-state index contributed by atoms with van der Waals surface area (Å²) >= 11 is 0. The third kappa shape index (κ3) is 2.94. The van der Waals surface area contributed by atoms with E-state index in [9.17, 15) is 5.11 Å². The van der Waals surface area contributed by atoms with Gasteiger partial charge in [0.1, 0.15) is 17.9 Å². The van der Waals surface area contributed by atoms with Crippen LogP contribution < -0.4 is 5.32 Å². The minimum Gasteiger partial charge on any atom is -0.443 e. The first-order chi connectivity index (χ1) is 10.6. The highest BCUT2D eigenvalue weighted by Gasteiger charge is 2.14. The summed E-state index contributed by atoms with van der Waals surface area (Å²) in [7, 11) is 0. The van der Waals surface area contributed by atoms with Gasteiger partial charge in [-0.25, -0.2) is 9.97 Å². The van der Waals surface area contributed by atoms with Gasteiger partial charge in [-0.15, -0.1) is 0 Å². The Bertz CT molecular complexity index is 768. The van der Waals surface area contributed by atoms with Crippen LogP contribution in [0.5, 0.6) is 0 Å². The minimum absolute atomic E-state index is 0.421. The molecule has 0 aliphatic heterocycles. The summed E-state index contributed by atoms with van der Waals surface area (Å²) in [6.07, 6.45) is 1.59. The number of hydrogen-bond donors (Lipinski definition) is 2. The van der Waals surface area contributed by atoms with Crippen LogP contribution in [0.25, 0.3) is 11.1 Å². The van der Waals surface area contributed by atoms with E-state index >= 15 is 0 Å². The molecule has 0 aliphatic rings. The highest BCUT2D eigenvalue weighted by atomic mass is 16.3. The van der Waals surface area contributed by atoms with Gasteiger partial charge < -0.3 is 14.8 Å². The van der Waals surface area contributed by atoms with E-state index in [2.05, 4.69) is 15.3 Å². The summed E-state index contributed by atoms with van der Waals surface area (Å²) in [6.45, 7) is 4.31. The molecule has 1 aromatic carbocycles. The van der Waals surface area contributed by atoms with E-state index in [0.29, 0.717) is 24.5 Å². The molecule has 0 spiro atoms. The molecule has 0 fully saturated rings. The Kier molecular flexibility index (Phi) is 4.06. The molecule has 0 saturated carbocycles. The third-order valence-corrected chi connectivity index (χ3v) is 3.78. The highest BCUT2D eigenvalue weighted by Crippen LogP contribution is 2.27. The molecule has 1 unspecified atom stereocenters. The fraction of sp³-hybridized carbons (Fsp3) is 0.294. The lowest BCUT2D eigenvalue weighted by Crippen LogP contribution is -2.22. The van der Waals surface area contributed by atoms with Crippen LogP contribution in [0.2, 0.25) is 0 Å². The van der Waals surface area contributed by atoms with E-state index in [1.54, 1.807) is 0 Å². The largest absolute Gasteiger partial charge is 0.443 e. The lowest BCUT2D eigenvalue weighted by Gasteiger charge is -2.12. The molecule has 0 aliphatic carbocycles. The van der Waals surface area contributed by atoms with Gasteiger partial charge in [-0.3, -0.25) is 0 Å². The third-order valence-electron chi connectivity index (χ3n) is 3.78. The van der Waals surface area contributed by atoms with Crippen LogP contribution in [0.15, 0.2) is 41.1 Å². The molecule has 0 bridgehead atoms. The number of nitrogens with one attached hydrogen (secondary N) is 1. The van der Waals surface area contributed by atoms with Crippen molar-refractivity contribution in [3.63, 3.8) is 0 Å². The number of nitrogens with zero attached hydrogens (tertiary/aromatic N) is 2. The zero-order valence-electron chi connectivity index (χ0n) is 12.7. The van der Waals surface area contributed by atoms with E-state index in [4.69, 9.17) is 4.42 Å². The van der Waals surface area contributed by atoms with E-state index in [1.165, 1.54) is 6.33 Å². The number of aliphatic hydroxyl groups is 1. The van der Waals surface area contributed by atoms with Crippen LogP contribution in [-0.2, 0) is 6.42 Å². The van der Waals surface area contributed by atoms with Crippen LogP contribution in [0, 0.1) is 13.8 Å². The molecular weight excluding hydrogens is 278 g/mol. The number of anilines is 1. The highest BCUT2D eigenvalue weighted by molar-refractivity contribution is 5.89. The smallest absolute Gasteiger partial charge is 0.231 e. The quantitative estimate of drug-likeness (QED) is 0.757. The number of benzene rings is 1. The van der Waals surface area contributed by atoms with E-state index < -0.39 is 6.10 Å². The maximum absolute atomic E-state index is 10.2. The Morgan fingerprint density at radius 1 is 1.18 bits per heavy atom. The molecule has 5 nitrogen and oxygen atoms in total. The average Bonchev–Trinajstić information content (AvgIpc) is 2.82. The summed E-state index contributed by atoms with van der Waals surface area (Å²) in [5.41, 5.74) is 2.71. The molecule has 0 radical (unpaired) electrons. The summed E-state index contributed by atoms with van der Waals surface area (Å²) < 4.78 is 5.59. The maximum Gasteiger partial charge on any atom is 0.231 e. The second-order valence-corrected chi connectivity index (χ2v) is 5.41. The number of aryl methyl sites for hydroxylation is 2. The van der Waals surface area contributed by atoms with Crippen LogP contribution in [0.4, 0.5) is 5.82 Å². The van der Waals surface area contributed by atoms with Gasteiger partial charge in [0.25, 0.3) is 0 Å². The zero-order valence-corrected chi connectivity index (χ0v) is 12.7. The summed E-state index contributed by atoms with van der Waals surface area (Å²) in [5, 5.41) is 14.3. The van der Waals surface area contributed by atoms with E-state index in [-0.39, 0.29) is 0 Å². The molecule has 114 valence electrons. The zero-order chi connectivity index (χ0) is 15.5. The molecule has 5 heteroatoms. The first-order valence-corrected chi connectivity index (χ1v) is 7.31. The number of hydrogen-bond acceptors (Lipinski definition) is 5. The van der Waals surface area contributed by atoms with Crippen LogP contribution >= 0.6 is 0 Å². The standard InChI is InChI=1S/C17H19N3O2/c1-11-12(2)22-17-15(11)16(19-10-20-17)18-9-14(21)8-13-6-4-3-5-7-13/h3-7,10,14,21H,8-9H2,1-2H3,(H,18,19,20). The number of aromatic nitrogens is 2. The molecule has 3 aromatic rings. The van der Waals surface area contributed by atoms with Crippen molar-refractivity contribution in [2.24, 2.45) is 0 Å². The Hall–Kier alpha value is -2.40. The summed E-state index contributed by atoms with van der Waals surface area (Å²) in [4.78, 5) is 8.40. The van der Waals surface area contributed by atoms with Crippen molar-refractivity contribution in [1.29, 1.82) is 0 Å². The van der Waals surface area contributed by atoms with Crippen LogP contribution in [0.1, 0.15) is 16.9 Å². The molecule has 2 aromatic heterocycles. The number of rotatable bonds is 5. The fourth-order valence-corrected chi connectivity index (χ4v) is 2.49. The second-order valence-electron chi connectivity index (χ2n) is 5.41. The lowest BCUT2D eigenvalue weighted by atomic mass is 10.1. The van der Waals surface area contributed by atoms with Gasteiger partial charge in [-0.05, 0) is 19.4 Å². The molecule has 2 N–H and O–H groups in total. The van der Waals surface area contributed by atoms with Gasteiger partial charge in [0, 0.05) is 18.5 Å². The van der Waals surface area contributed by atoms with Crippen molar-refractivity contribution >= 4 is 16.9 Å². The number of aliphatic hydroxyl groups excluding tert-OH is 1. The molecule has 2 heterocycles. The van der Waals surface area contributed by atoms with Gasteiger partial charge in [0.15, 0.2) is 0 Å². The molecule has 1 atom stereocenters. The molecular formula is C17H19N3O2.